The van der Waals surface area contributed by atoms with Crippen LogP contribution in [0.1, 0.15) is 29.9 Å². The Labute approximate surface area is 201 Å². The minimum Gasteiger partial charge on any atom is -0.497 e. The zero-order chi connectivity index (χ0) is 24.3. The van der Waals surface area contributed by atoms with Gasteiger partial charge in [0.15, 0.2) is 5.76 Å². The predicted molar refractivity (Wildman–Crippen MR) is 127 cm³/mol. The number of ether oxygens (including phenoxy) is 1. The summed E-state index contributed by atoms with van der Waals surface area (Å²) in [6.45, 7) is 6.80. The molecule has 186 valence electrons. The van der Waals surface area contributed by atoms with E-state index in [2.05, 4.69) is 22.2 Å². The number of sulfonamides is 1. The standard InChI is InChI=1S/C24H34N4O5S/c1-18-24(19(2)33-25-18)34(30,31)28-14-12-27(13-15-28)23(29)17-26-10-8-21(9-11-26)16-20-4-6-22(32-3)7-5-20/h4-7,21H,8-17H2,1-3H3. The number of rotatable bonds is 7. The van der Waals surface area contributed by atoms with Gasteiger partial charge in [-0.2, -0.15) is 4.31 Å². The zero-order valence-corrected chi connectivity index (χ0v) is 21.0. The Balaban J connectivity index is 1.22. The Morgan fingerprint density at radius 1 is 1.06 bits per heavy atom. The van der Waals surface area contributed by atoms with E-state index in [0.717, 1.165) is 38.1 Å². The lowest BCUT2D eigenvalue weighted by molar-refractivity contribution is -0.134. The van der Waals surface area contributed by atoms with Crippen LogP contribution in [0.5, 0.6) is 5.75 Å². The van der Waals surface area contributed by atoms with Crippen LogP contribution < -0.4 is 4.74 Å². The van der Waals surface area contributed by atoms with Gasteiger partial charge in [-0.3, -0.25) is 9.69 Å². The molecule has 10 heteroatoms. The quantitative estimate of drug-likeness (QED) is 0.586. The first-order chi connectivity index (χ1) is 16.3. The summed E-state index contributed by atoms with van der Waals surface area (Å²) in [6.07, 6.45) is 3.19. The molecular formula is C24H34N4O5S. The van der Waals surface area contributed by atoms with Gasteiger partial charge in [0.25, 0.3) is 0 Å². The summed E-state index contributed by atoms with van der Waals surface area (Å²) in [7, 11) is -2.00. The second-order valence-electron chi connectivity index (χ2n) is 9.21. The number of nitrogens with zero attached hydrogens (tertiary/aromatic N) is 4. The van der Waals surface area contributed by atoms with E-state index in [0.29, 0.717) is 37.0 Å². The molecule has 1 aromatic carbocycles. The Hall–Kier alpha value is -2.43. The summed E-state index contributed by atoms with van der Waals surface area (Å²) >= 11 is 0. The van der Waals surface area contributed by atoms with E-state index in [1.165, 1.54) is 9.87 Å². The van der Waals surface area contributed by atoms with Crippen LogP contribution in [0.25, 0.3) is 0 Å². The minimum atomic E-state index is -3.67. The SMILES string of the molecule is COc1ccc(CC2CCN(CC(=O)N3CCN(S(=O)(=O)c4c(C)noc4C)CC3)CC2)cc1. The Kier molecular flexibility index (Phi) is 7.59. The van der Waals surface area contributed by atoms with Gasteiger partial charge in [0.05, 0.1) is 13.7 Å². The van der Waals surface area contributed by atoms with Crippen LogP contribution in [0.4, 0.5) is 0 Å². The predicted octanol–water partition coefficient (Wildman–Crippen LogP) is 2.09. The number of hydrogen-bond acceptors (Lipinski definition) is 7. The maximum Gasteiger partial charge on any atom is 0.248 e. The minimum absolute atomic E-state index is 0.0722. The van der Waals surface area contributed by atoms with Gasteiger partial charge in [0.2, 0.25) is 15.9 Å². The summed E-state index contributed by atoms with van der Waals surface area (Å²) in [5.74, 6) is 1.87. The molecule has 0 saturated carbocycles. The van der Waals surface area contributed by atoms with Crippen molar-refractivity contribution in [2.45, 2.75) is 38.0 Å². The van der Waals surface area contributed by atoms with E-state index in [4.69, 9.17) is 9.26 Å². The van der Waals surface area contributed by atoms with Crippen LogP contribution in [0.2, 0.25) is 0 Å². The first-order valence-electron chi connectivity index (χ1n) is 11.8. The molecule has 4 rings (SSSR count). The summed E-state index contributed by atoms with van der Waals surface area (Å²) in [4.78, 5) is 17.0. The Morgan fingerprint density at radius 3 is 2.26 bits per heavy atom. The van der Waals surface area contributed by atoms with Gasteiger partial charge in [-0.05, 0) is 69.8 Å². The number of carbonyl (C=O) groups excluding carboxylic acids is 1. The third kappa shape index (κ3) is 5.45. The summed E-state index contributed by atoms with van der Waals surface area (Å²) in [6, 6.07) is 8.26. The van der Waals surface area contributed by atoms with E-state index in [1.807, 2.05) is 12.1 Å². The monoisotopic (exact) mass is 490 g/mol. The molecule has 9 nitrogen and oxygen atoms in total. The molecule has 0 aliphatic carbocycles. The van der Waals surface area contributed by atoms with E-state index in [1.54, 1.807) is 25.9 Å². The lowest BCUT2D eigenvalue weighted by Gasteiger charge is -2.36. The summed E-state index contributed by atoms with van der Waals surface area (Å²) in [5.41, 5.74) is 1.69. The van der Waals surface area contributed by atoms with Crippen LogP contribution >= 0.6 is 0 Å². The number of piperazine rings is 1. The molecule has 0 radical (unpaired) electrons. The number of piperidine rings is 1. The van der Waals surface area contributed by atoms with Crippen LogP contribution in [0.15, 0.2) is 33.7 Å². The number of likely N-dealkylation sites (tertiary alicyclic amines) is 1. The molecule has 0 spiro atoms. The van der Waals surface area contributed by atoms with Gasteiger partial charge >= 0.3 is 0 Å². The van der Waals surface area contributed by atoms with Crippen LogP contribution in [-0.4, -0.2) is 86.5 Å². The number of amides is 1. The van der Waals surface area contributed by atoms with Crippen molar-refractivity contribution in [1.29, 1.82) is 0 Å². The van der Waals surface area contributed by atoms with Crippen LogP contribution in [-0.2, 0) is 21.2 Å². The van der Waals surface area contributed by atoms with Crippen LogP contribution in [0, 0.1) is 19.8 Å². The Bertz CT molecular complexity index is 1060. The molecule has 3 heterocycles. The summed E-state index contributed by atoms with van der Waals surface area (Å²) in [5, 5.41) is 3.77. The van der Waals surface area contributed by atoms with Crippen molar-refractivity contribution in [2.75, 3.05) is 52.9 Å². The average Bonchev–Trinajstić information content (AvgIpc) is 3.19. The second kappa shape index (κ2) is 10.5. The van der Waals surface area contributed by atoms with E-state index < -0.39 is 10.0 Å². The normalized spacial score (nSPS) is 18.9. The largest absolute Gasteiger partial charge is 0.497 e. The highest BCUT2D eigenvalue weighted by molar-refractivity contribution is 7.89. The molecule has 2 saturated heterocycles. The first-order valence-corrected chi connectivity index (χ1v) is 13.3. The molecule has 34 heavy (non-hydrogen) atoms. The van der Waals surface area contributed by atoms with Crippen molar-refractivity contribution in [3.63, 3.8) is 0 Å². The van der Waals surface area contributed by atoms with Crippen molar-refractivity contribution >= 4 is 15.9 Å². The number of benzene rings is 1. The summed E-state index contributed by atoms with van der Waals surface area (Å²) < 4.78 is 37.7. The third-order valence-electron chi connectivity index (χ3n) is 6.91. The van der Waals surface area contributed by atoms with Gasteiger partial charge in [-0.25, -0.2) is 8.42 Å². The highest BCUT2D eigenvalue weighted by atomic mass is 32.2. The van der Waals surface area contributed by atoms with Crippen LogP contribution in [0.3, 0.4) is 0 Å². The zero-order valence-electron chi connectivity index (χ0n) is 20.2. The molecule has 1 amide bonds. The van der Waals surface area contributed by atoms with Gasteiger partial charge < -0.3 is 14.2 Å². The molecule has 0 bridgehead atoms. The third-order valence-corrected chi connectivity index (χ3v) is 9.05. The molecule has 2 fully saturated rings. The maximum atomic E-state index is 13.0. The molecular weight excluding hydrogens is 456 g/mol. The number of aryl methyl sites for hydroxylation is 2. The van der Waals surface area contributed by atoms with Crippen molar-refractivity contribution in [3.8, 4) is 5.75 Å². The van der Waals surface area contributed by atoms with Gasteiger partial charge in [0.1, 0.15) is 16.3 Å². The molecule has 0 atom stereocenters. The van der Waals surface area contributed by atoms with E-state index in [-0.39, 0.29) is 23.9 Å². The molecule has 2 aliphatic heterocycles. The molecule has 0 N–H and O–H groups in total. The topological polar surface area (TPSA) is 96.2 Å². The van der Waals surface area contributed by atoms with Gasteiger partial charge in [-0.15, -0.1) is 0 Å². The number of aromatic nitrogens is 1. The van der Waals surface area contributed by atoms with Crippen molar-refractivity contribution < 1.29 is 22.5 Å². The molecule has 2 aliphatic rings. The van der Waals surface area contributed by atoms with E-state index >= 15 is 0 Å². The van der Waals surface area contributed by atoms with Gasteiger partial charge in [-0.1, -0.05) is 17.3 Å². The second-order valence-corrected chi connectivity index (χ2v) is 11.1. The molecule has 1 aromatic heterocycles. The number of hydrogen-bond donors (Lipinski definition) is 0. The van der Waals surface area contributed by atoms with Crippen molar-refractivity contribution in [2.24, 2.45) is 5.92 Å². The van der Waals surface area contributed by atoms with Crippen molar-refractivity contribution in [1.82, 2.24) is 19.3 Å². The van der Waals surface area contributed by atoms with E-state index in [9.17, 15) is 13.2 Å². The lowest BCUT2D eigenvalue weighted by Crippen LogP contribution is -2.53. The highest BCUT2D eigenvalue weighted by Gasteiger charge is 2.34. The molecule has 0 unspecified atom stereocenters. The maximum absolute atomic E-state index is 13.0. The highest BCUT2D eigenvalue weighted by Crippen LogP contribution is 2.25. The number of carbonyl (C=O) groups is 1. The first kappa shape index (κ1) is 24.7. The fraction of sp³-hybridized carbons (Fsp3) is 0.583. The lowest BCUT2D eigenvalue weighted by atomic mass is 9.90. The van der Waals surface area contributed by atoms with Gasteiger partial charge in [0, 0.05) is 26.2 Å². The number of methoxy groups -OCH3 is 1. The van der Waals surface area contributed by atoms with Crippen molar-refractivity contribution in [3.05, 3.63) is 41.3 Å². The average molecular weight is 491 g/mol. The fourth-order valence-electron chi connectivity index (χ4n) is 4.88. The smallest absolute Gasteiger partial charge is 0.248 e. The molecule has 2 aromatic rings. The Morgan fingerprint density at radius 2 is 1.71 bits per heavy atom. The fourth-order valence-corrected chi connectivity index (χ4v) is 6.60.